The first-order valence-electron chi connectivity index (χ1n) is 11.4. The van der Waals surface area contributed by atoms with Crippen LogP contribution in [-0.4, -0.2) is 67.6 Å². The number of carbonyl (C=O) groups excluding carboxylic acids is 2. The van der Waals surface area contributed by atoms with Gasteiger partial charge in [0, 0.05) is 38.3 Å². The van der Waals surface area contributed by atoms with E-state index in [1.165, 1.54) is 24.3 Å². The molecule has 11 heteroatoms. The summed E-state index contributed by atoms with van der Waals surface area (Å²) in [4.78, 5) is 45.1. The van der Waals surface area contributed by atoms with E-state index in [-0.39, 0.29) is 12.3 Å². The van der Waals surface area contributed by atoms with Crippen molar-refractivity contribution in [3.63, 3.8) is 0 Å². The molecule has 2 aliphatic heterocycles. The monoisotopic (exact) mass is 481 g/mol. The highest BCUT2D eigenvalue weighted by molar-refractivity contribution is 6.08. The molecule has 2 heterocycles. The molecular weight excluding hydrogens is 454 g/mol. The summed E-state index contributed by atoms with van der Waals surface area (Å²) in [5, 5.41) is 13.8. The molecule has 11 nitrogen and oxygen atoms in total. The number of nitrogens with zero attached hydrogens (tertiary/aromatic N) is 4. The number of nitro groups is 1. The van der Waals surface area contributed by atoms with Crippen molar-refractivity contribution in [1.29, 1.82) is 0 Å². The van der Waals surface area contributed by atoms with Gasteiger partial charge in [-0.15, -0.1) is 0 Å². The number of nitrogens with one attached hydrogen (secondary N) is 1. The minimum atomic E-state index is -1.19. The molecule has 0 radical (unpaired) electrons. The minimum absolute atomic E-state index is 0.0849. The van der Waals surface area contributed by atoms with Crippen molar-refractivity contribution in [3.05, 3.63) is 64.2 Å². The van der Waals surface area contributed by atoms with Crippen LogP contribution in [0.1, 0.15) is 18.5 Å². The fraction of sp³-hybridized carbons (Fsp3) is 0.375. The lowest BCUT2D eigenvalue weighted by Crippen LogP contribution is -2.57. The highest BCUT2D eigenvalue weighted by Gasteiger charge is 2.42. The average molecular weight is 482 g/mol. The summed E-state index contributed by atoms with van der Waals surface area (Å²) in [7, 11) is 1.64. The SMILES string of the molecule is CCOC(=O)[C@@H]1C(=O)NC(N2CCN(c3ccccc3OC)CC2)=N[C@H]1c1ccc([N+](=O)[O-])cc1. The van der Waals surface area contributed by atoms with Crippen LogP contribution in [0.4, 0.5) is 11.4 Å². The van der Waals surface area contributed by atoms with Gasteiger partial charge in [0.25, 0.3) is 5.69 Å². The second-order valence-electron chi connectivity index (χ2n) is 8.11. The molecule has 1 N–H and O–H groups in total. The van der Waals surface area contributed by atoms with Crippen molar-refractivity contribution >= 4 is 29.2 Å². The zero-order chi connectivity index (χ0) is 24.9. The summed E-state index contributed by atoms with van der Waals surface area (Å²) in [6, 6.07) is 12.7. The van der Waals surface area contributed by atoms with Crippen LogP contribution < -0.4 is 15.0 Å². The number of piperazine rings is 1. The molecule has 0 aromatic heterocycles. The van der Waals surface area contributed by atoms with Gasteiger partial charge in [-0.05, 0) is 24.6 Å². The minimum Gasteiger partial charge on any atom is -0.495 e. The smallest absolute Gasteiger partial charge is 0.321 e. The standard InChI is InChI=1S/C24H27N5O6/c1-3-35-23(31)20-21(16-8-10-17(11-9-16)29(32)33)25-24(26-22(20)30)28-14-12-27(13-15-28)18-6-4-5-7-19(18)34-2/h4-11,20-21H,3,12-15H2,1-2H3,(H,25,26,30)/t20-,21-/m0/s1. The van der Waals surface area contributed by atoms with Crippen LogP contribution in [0.5, 0.6) is 5.75 Å². The Morgan fingerprint density at radius 1 is 1.11 bits per heavy atom. The van der Waals surface area contributed by atoms with Crippen molar-refractivity contribution in [2.75, 3.05) is 44.8 Å². The van der Waals surface area contributed by atoms with E-state index in [1.54, 1.807) is 14.0 Å². The molecule has 2 aliphatic rings. The van der Waals surface area contributed by atoms with Crippen LogP contribution in [-0.2, 0) is 14.3 Å². The van der Waals surface area contributed by atoms with Gasteiger partial charge in [0.05, 0.1) is 24.3 Å². The van der Waals surface area contributed by atoms with E-state index in [4.69, 9.17) is 14.5 Å². The molecule has 184 valence electrons. The Morgan fingerprint density at radius 2 is 1.77 bits per heavy atom. The number of methoxy groups -OCH3 is 1. The number of para-hydroxylation sites is 2. The maximum atomic E-state index is 13.0. The first kappa shape index (κ1) is 24.0. The van der Waals surface area contributed by atoms with Crippen molar-refractivity contribution < 1.29 is 24.0 Å². The van der Waals surface area contributed by atoms with Gasteiger partial charge in [-0.3, -0.25) is 25.0 Å². The second kappa shape index (κ2) is 10.4. The van der Waals surface area contributed by atoms with Crippen molar-refractivity contribution in [2.24, 2.45) is 10.9 Å². The first-order chi connectivity index (χ1) is 16.9. The van der Waals surface area contributed by atoms with E-state index in [0.717, 1.165) is 11.4 Å². The third-order valence-corrected chi connectivity index (χ3v) is 6.09. The lowest BCUT2D eigenvalue weighted by molar-refractivity contribution is -0.384. The molecule has 4 rings (SSSR count). The summed E-state index contributed by atoms with van der Waals surface area (Å²) in [5.74, 6) is -1.21. The van der Waals surface area contributed by atoms with E-state index < -0.39 is 28.8 Å². The van der Waals surface area contributed by atoms with E-state index in [9.17, 15) is 19.7 Å². The predicted molar refractivity (Wildman–Crippen MR) is 128 cm³/mol. The van der Waals surface area contributed by atoms with Crippen LogP contribution >= 0.6 is 0 Å². The van der Waals surface area contributed by atoms with Crippen LogP contribution in [0.25, 0.3) is 0 Å². The fourth-order valence-electron chi connectivity index (χ4n) is 4.31. The predicted octanol–water partition coefficient (Wildman–Crippen LogP) is 2.13. The van der Waals surface area contributed by atoms with E-state index in [2.05, 4.69) is 10.2 Å². The van der Waals surface area contributed by atoms with E-state index in [1.807, 2.05) is 29.2 Å². The van der Waals surface area contributed by atoms with Gasteiger partial charge >= 0.3 is 5.97 Å². The molecule has 2 aromatic rings. The molecule has 2 atom stereocenters. The maximum Gasteiger partial charge on any atom is 0.321 e. The number of benzene rings is 2. The summed E-state index contributed by atoms with van der Waals surface area (Å²) in [6.45, 7) is 4.33. The summed E-state index contributed by atoms with van der Waals surface area (Å²) < 4.78 is 10.6. The number of amides is 1. The molecule has 1 fully saturated rings. The number of hydrogen-bond donors (Lipinski definition) is 1. The Balaban J connectivity index is 1.58. The molecule has 0 saturated carbocycles. The molecule has 0 aliphatic carbocycles. The van der Waals surface area contributed by atoms with E-state index in [0.29, 0.717) is 37.7 Å². The van der Waals surface area contributed by atoms with Gasteiger partial charge < -0.3 is 19.3 Å². The maximum absolute atomic E-state index is 13.0. The number of hydrogen-bond acceptors (Lipinski definition) is 9. The Kier molecular flexibility index (Phi) is 7.14. The second-order valence-corrected chi connectivity index (χ2v) is 8.11. The zero-order valence-corrected chi connectivity index (χ0v) is 19.5. The lowest BCUT2D eigenvalue weighted by Gasteiger charge is -2.40. The molecule has 35 heavy (non-hydrogen) atoms. The van der Waals surface area contributed by atoms with Crippen molar-refractivity contribution in [3.8, 4) is 5.75 Å². The Hall–Kier alpha value is -4.15. The van der Waals surface area contributed by atoms with Crippen LogP contribution in [0.2, 0.25) is 0 Å². The normalized spacial score (nSPS) is 20.1. The summed E-state index contributed by atoms with van der Waals surface area (Å²) in [5.41, 5.74) is 1.43. The number of anilines is 1. The fourth-order valence-corrected chi connectivity index (χ4v) is 4.31. The van der Waals surface area contributed by atoms with Gasteiger partial charge in [0.2, 0.25) is 11.9 Å². The Morgan fingerprint density at radius 3 is 2.40 bits per heavy atom. The largest absolute Gasteiger partial charge is 0.495 e. The molecular formula is C24H27N5O6. The molecule has 1 amide bonds. The van der Waals surface area contributed by atoms with Gasteiger partial charge in [0.15, 0.2) is 5.92 Å². The zero-order valence-electron chi connectivity index (χ0n) is 19.5. The number of nitro benzene ring substituents is 1. The summed E-state index contributed by atoms with van der Waals surface area (Å²) >= 11 is 0. The lowest BCUT2D eigenvalue weighted by atomic mass is 9.91. The first-order valence-corrected chi connectivity index (χ1v) is 11.4. The van der Waals surface area contributed by atoms with Gasteiger partial charge in [0.1, 0.15) is 11.8 Å². The van der Waals surface area contributed by atoms with Gasteiger partial charge in [-0.25, -0.2) is 4.99 Å². The van der Waals surface area contributed by atoms with Gasteiger partial charge in [-0.2, -0.15) is 0 Å². The Bertz CT molecular complexity index is 1130. The van der Waals surface area contributed by atoms with Crippen molar-refractivity contribution in [1.82, 2.24) is 10.2 Å². The molecule has 1 saturated heterocycles. The van der Waals surface area contributed by atoms with Gasteiger partial charge in [-0.1, -0.05) is 24.3 Å². The molecule has 0 bridgehead atoms. The number of rotatable bonds is 6. The van der Waals surface area contributed by atoms with Crippen LogP contribution in [0.15, 0.2) is 53.5 Å². The number of carbonyl (C=O) groups is 2. The average Bonchev–Trinajstić information content (AvgIpc) is 2.88. The molecule has 2 aromatic carbocycles. The topological polar surface area (TPSA) is 127 Å². The molecule has 0 unspecified atom stereocenters. The number of aliphatic imine (C=N–C) groups is 1. The number of esters is 1. The summed E-state index contributed by atoms with van der Waals surface area (Å²) in [6.07, 6.45) is 0. The quantitative estimate of drug-likeness (QED) is 0.288. The van der Waals surface area contributed by atoms with Crippen LogP contribution in [0.3, 0.4) is 0 Å². The third kappa shape index (κ3) is 5.03. The number of non-ortho nitro benzene ring substituents is 1. The molecule has 0 spiro atoms. The Labute approximate surface area is 202 Å². The third-order valence-electron chi connectivity index (χ3n) is 6.09. The van der Waals surface area contributed by atoms with Crippen LogP contribution in [0, 0.1) is 16.0 Å². The number of ether oxygens (including phenoxy) is 2. The van der Waals surface area contributed by atoms with E-state index >= 15 is 0 Å². The number of guanidine groups is 1. The van der Waals surface area contributed by atoms with Crippen molar-refractivity contribution in [2.45, 2.75) is 13.0 Å². The highest BCUT2D eigenvalue weighted by Crippen LogP contribution is 2.33. The highest BCUT2D eigenvalue weighted by atomic mass is 16.6.